The minimum Gasteiger partial charge on any atom is -0.468 e. The molecule has 0 aromatic heterocycles. The maximum absolute atomic E-state index is 12.2. The first-order chi connectivity index (χ1) is 9.51. The average Bonchev–Trinajstić information content (AvgIpc) is 2.47. The number of hydrogen-bond donors (Lipinski definition) is 0. The Bertz CT molecular complexity index is 494. The summed E-state index contributed by atoms with van der Waals surface area (Å²) in [6.07, 6.45) is 1.92. The number of benzene rings is 1. The van der Waals surface area contributed by atoms with Gasteiger partial charge in [-0.2, -0.15) is 0 Å². The number of hydrogen-bond acceptors (Lipinski definition) is 4. The van der Waals surface area contributed by atoms with E-state index in [1.54, 1.807) is 0 Å². The highest BCUT2D eigenvalue weighted by atomic mass is 127. The van der Waals surface area contributed by atoms with Crippen molar-refractivity contribution in [3.63, 3.8) is 0 Å². The van der Waals surface area contributed by atoms with E-state index in [-0.39, 0.29) is 12.8 Å². The third-order valence-electron chi connectivity index (χ3n) is 3.10. The van der Waals surface area contributed by atoms with E-state index < -0.39 is 17.4 Å². The van der Waals surface area contributed by atoms with Gasteiger partial charge in [-0.1, -0.05) is 24.3 Å². The lowest BCUT2D eigenvalue weighted by molar-refractivity contribution is -0.168. The SMILES string of the molecule is C=CCC(Cc1ccccc1I)(C(=O)OC)C(=O)OC. The second-order valence-corrected chi connectivity index (χ2v) is 5.49. The van der Waals surface area contributed by atoms with Crippen LogP contribution < -0.4 is 0 Å². The summed E-state index contributed by atoms with van der Waals surface area (Å²) in [5, 5.41) is 0. The van der Waals surface area contributed by atoms with Gasteiger partial charge in [0.1, 0.15) is 0 Å². The van der Waals surface area contributed by atoms with Gasteiger partial charge in [-0.3, -0.25) is 9.59 Å². The quantitative estimate of drug-likeness (QED) is 0.326. The fourth-order valence-corrected chi connectivity index (χ4v) is 2.65. The summed E-state index contributed by atoms with van der Waals surface area (Å²) in [5.41, 5.74) is -0.488. The standard InChI is InChI=1S/C15H17IO4/c1-4-9-15(13(17)19-2,14(18)20-3)10-11-7-5-6-8-12(11)16/h4-8H,1,9-10H2,2-3H3. The number of esters is 2. The van der Waals surface area contributed by atoms with Crippen molar-refractivity contribution in [2.45, 2.75) is 12.8 Å². The predicted octanol–water partition coefficient (Wildman–Crippen LogP) is 2.74. The van der Waals surface area contributed by atoms with Crippen LogP contribution in [-0.4, -0.2) is 26.2 Å². The topological polar surface area (TPSA) is 52.6 Å². The highest BCUT2D eigenvalue weighted by Crippen LogP contribution is 2.32. The van der Waals surface area contributed by atoms with Gasteiger partial charge < -0.3 is 9.47 Å². The molecular formula is C15H17IO4. The normalized spacial score (nSPS) is 10.8. The molecule has 1 aromatic carbocycles. The molecule has 0 spiro atoms. The molecule has 1 aromatic rings. The number of carbonyl (C=O) groups is 2. The monoisotopic (exact) mass is 388 g/mol. The zero-order chi connectivity index (χ0) is 15.2. The van der Waals surface area contributed by atoms with Crippen LogP contribution in [0.4, 0.5) is 0 Å². The van der Waals surface area contributed by atoms with E-state index in [1.165, 1.54) is 20.3 Å². The van der Waals surface area contributed by atoms with Crippen molar-refractivity contribution in [2.75, 3.05) is 14.2 Å². The Morgan fingerprint density at radius 2 is 1.80 bits per heavy atom. The smallest absolute Gasteiger partial charge is 0.323 e. The Morgan fingerprint density at radius 3 is 2.25 bits per heavy atom. The van der Waals surface area contributed by atoms with Crippen molar-refractivity contribution in [2.24, 2.45) is 5.41 Å². The molecule has 0 aliphatic heterocycles. The maximum Gasteiger partial charge on any atom is 0.323 e. The average molecular weight is 388 g/mol. The van der Waals surface area contributed by atoms with E-state index in [0.29, 0.717) is 0 Å². The number of carbonyl (C=O) groups excluding carboxylic acids is 2. The zero-order valence-electron chi connectivity index (χ0n) is 11.5. The Morgan fingerprint density at radius 1 is 1.25 bits per heavy atom. The van der Waals surface area contributed by atoms with Gasteiger partial charge in [-0.15, -0.1) is 6.58 Å². The molecular weight excluding hydrogens is 371 g/mol. The van der Waals surface area contributed by atoms with Crippen molar-refractivity contribution in [3.05, 3.63) is 46.1 Å². The molecule has 0 atom stereocenters. The lowest BCUT2D eigenvalue weighted by Crippen LogP contribution is -2.43. The van der Waals surface area contributed by atoms with E-state index in [0.717, 1.165) is 9.13 Å². The number of allylic oxidation sites excluding steroid dienone is 1. The summed E-state index contributed by atoms with van der Waals surface area (Å²) in [5.74, 6) is -1.21. The fraction of sp³-hybridized carbons (Fsp3) is 0.333. The molecule has 5 heteroatoms. The zero-order valence-corrected chi connectivity index (χ0v) is 13.7. The van der Waals surface area contributed by atoms with Gasteiger partial charge in [0.25, 0.3) is 0 Å². The van der Waals surface area contributed by atoms with Gasteiger partial charge in [-0.25, -0.2) is 0 Å². The van der Waals surface area contributed by atoms with Crippen LogP contribution in [0.3, 0.4) is 0 Å². The van der Waals surface area contributed by atoms with Crippen molar-refractivity contribution in [1.29, 1.82) is 0 Å². The number of methoxy groups -OCH3 is 2. The van der Waals surface area contributed by atoms with Crippen LogP contribution in [0, 0.1) is 8.99 Å². The molecule has 0 heterocycles. The van der Waals surface area contributed by atoms with Crippen LogP contribution in [0.5, 0.6) is 0 Å². The molecule has 0 aliphatic carbocycles. The number of halogens is 1. The van der Waals surface area contributed by atoms with E-state index in [2.05, 4.69) is 29.2 Å². The van der Waals surface area contributed by atoms with Gasteiger partial charge in [0.15, 0.2) is 5.41 Å². The summed E-state index contributed by atoms with van der Waals surface area (Å²) in [6.45, 7) is 3.63. The van der Waals surface area contributed by atoms with Crippen molar-refractivity contribution < 1.29 is 19.1 Å². The van der Waals surface area contributed by atoms with E-state index >= 15 is 0 Å². The van der Waals surface area contributed by atoms with E-state index in [4.69, 9.17) is 9.47 Å². The molecule has 0 N–H and O–H groups in total. The first-order valence-electron chi connectivity index (χ1n) is 6.03. The highest BCUT2D eigenvalue weighted by Gasteiger charge is 2.47. The summed E-state index contributed by atoms with van der Waals surface area (Å²) >= 11 is 2.17. The van der Waals surface area contributed by atoms with E-state index in [1.807, 2.05) is 24.3 Å². The molecule has 0 unspecified atom stereocenters. The van der Waals surface area contributed by atoms with Gasteiger partial charge in [-0.05, 0) is 40.6 Å². The number of ether oxygens (including phenoxy) is 2. The van der Waals surface area contributed by atoms with Crippen LogP contribution in [0.25, 0.3) is 0 Å². The van der Waals surface area contributed by atoms with Crippen LogP contribution in [0.15, 0.2) is 36.9 Å². The molecule has 0 amide bonds. The molecule has 0 fully saturated rings. The van der Waals surface area contributed by atoms with Crippen molar-refractivity contribution in [3.8, 4) is 0 Å². The summed E-state index contributed by atoms with van der Waals surface area (Å²) < 4.78 is 10.6. The minimum atomic E-state index is -1.38. The Labute approximate surface area is 132 Å². The van der Waals surface area contributed by atoms with Gasteiger partial charge in [0.2, 0.25) is 0 Å². The second kappa shape index (κ2) is 7.42. The third kappa shape index (κ3) is 3.39. The Hall–Kier alpha value is -1.37. The van der Waals surface area contributed by atoms with Crippen molar-refractivity contribution >= 4 is 34.5 Å². The first kappa shape index (κ1) is 16.7. The second-order valence-electron chi connectivity index (χ2n) is 4.33. The molecule has 0 bridgehead atoms. The summed E-state index contributed by atoms with van der Waals surface area (Å²) in [7, 11) is 2.53. The first-order valence-corrected chi connectivity index (χ1v) is 7.11. The number of rotatable bonds is 6. The molecule has 0 saturated heterocycles. The van der Waals surface area contributed by atoms with Gasteiger partial charge in [0, 0.05) is 9.99 Å². The minimum absolute atomic E-state index is 0.164. The van der Waals surface area contributed by atoms with Gasteiger partial charge in [0.05, 0.1) is 14.2 Å². The van der Waals surface area contributed by atoms with Crippen LogP contribution >= 0.6 is 22.6 Å². The van der Waals surface area contributed by atoms with E-state index in [9.17, 15) is 9.59 Å². The molecule has 0 aliphatic rings. The highest BCUT2D eigenvalue weighted by molar-refractivity contribution is 14.1. The largest absolute Gasteiger partial charge is 0.468 e. The van der Waals surface area contributed by atoms with Crippen molar-refractivity contribution in [1.82, 2.24) is 0 Å². The molecule has 0 radical (unpaired) electrons. The van der Waals surface area contributed by atoms with Gasteiger partial charge >= 0.3 is 11.9 Å². The molecule has 1 rings (SSSR count). The predicted molar refractivity (Wildman–Crippen MR) is 84.1 cm³/mol. The molecule has 108 valence electrons. The fourth-order valence-electron chi connectivity index (χ4n) is 2.07. The van der Waals surface area contributed by atoms with Crippen LogP contribution in [-0.2, 0) is 25.5 Å². The maximum atomic E-state index is 12.2. The summed E-state index contributed by atoms with van der Waals surface area (Å²) in [6, 6.07) is 7.57. The molecule has 4 nitrogen and oxygen atoms in total. The summed E-state index contributed by atoms with van der Waals surface area (Å²) in [4.78, 5) is 24.3. The lowest BCUT2D eigenvalue weighted by atomic mass is 9.78. The Balaban J connectivity index is 3.28. The lowest BCUT2D eigenvalue weighted by Gasteiger charge is -2.27. The van der Waals surface area contributed by atoms with Crippen LogP contribution in [0.1, 0.15) is 12.0 Å². The molecule has 0 saturated carbocycles. The van der Waals surface area contributed by atoms with Crippen LogP contribution in [0.2, 0.25) is 0 Å². The molecule has 20 heavy (non-hydrogen) atoms. The third-order valence-corrected chi connectivity index (χ3v) is 4.15. The Kier molecular flexibility index (Phi) is 6.19.